The highest BCUT2D eigenvalue weighted by Gasteiger charge is 2.10. The van der Waals surface area contributed by atoms with Crippen molar-refractivity contribution in [3.05, 3.63) is 23.8 Å². The SMILES string of the molecule is CCOC(=O)COc1ccc(C(C)N)cc1OC. The molecule has 0 aliphatic carbocycles. The Morgan fingerprint density at radius 1 is 1.39 bits per heavy atom. The van der Waals surface area contributed by atoms with Crippen LogP contribution in [0, 0.1) is 0 Å². The third kappa shape index (κ3) is 3.92. The van der Waals surface area contributed by atoms with Crippen LogP contribution in [0.4, 0.5) is 0 Å². The molecule has 0 aromatic heterocycles. The lowest BCUT2D eigenvalue weighted by molar-refractivity contribution is -0.145. The Hall–Kier alpha value is -1.75. The quantitative estimate of drug-likeness (QED) is 0.781. The molecule has 18 heavy (non-hydrogen) atoms. The van der Waals surface area contributed by atoms with Gasteiger partial charge in [-0.1, -0.05) is 6.07 Å². The Kier molecular flexibility index (Phi) is 5.45. The molecule has 1 aromatic rings. The molecule has 0 bridgehead atoms. The van der Waals surface area contributed by atoms with Crippen molar-refractivity contribution in [3.63, 3.8) is 0 Å². The lowest BCUT2D eigenvalue weighted by atomic mass is 10.1. The summed E-state index contributed by atoms with van der Waals surface area (Å²) >= 11 is 0. The fraction of sp³-hybridized carbons (Fsp3) is 0.462. The van der Waals surface area contributed by atoms with Crippen LogP contribution < -0.4 is 15.2 Å². The molecule has 1 aromatic carbocycles. The van der Waals surface area contributed by atoms with E-state index in [9.17, 15) is 4.79 Å². The van der Waals surface area contributed by atoms with Crippen LogP contribution in [0.3, 0.4) is 0 Å². The molecule has 1 unspecified atom stereocenters. The first-order valence-corrected chi connectivity index (χ1v) is 5.80. The maximum absolute atomic E-state index is 11.2. The van der Waals surface area contributed by atoms with Gasteiger partial charge < -0.3 is 19.9 Å². The summed E-state index contributed by atoms with van der Waals surface area (Å²) in [5.41, 5.74) is 6.72. The molecule has 0 saturated carbocycles. The van der Waals surface area contributed by atoms with Gasteiger partial charge in [-0.3, -0.25) is 0 Å². The summed E-state index contributed by atoms with van der Waals surface area (Å²) in [7, 11) is 1.54. The third-order valence-corrected chi connectivity index (χ3v) is 2.36. The highest BCUT2D eigenvalue weighted by atomic mass is 16.6. The zero-order chi connectivity index (χ0) is 13.5. The highest BCUT2D eigenvalue weighted by molar-refractivity contribution is 5.71. The topological polar surface area (TPSA) is 70.8 Å². The molecule has 0 spiro atoms. The van der Waals surface area contributed by atoms with Crippen molar-refractivity contribution in [2.24, 2.45) is 5.73 Å². The zero-order valence-corrected chi connectivity index (χ0v) is 10.9. The van der Waals surface area contributed by atoms with Crippen molar-refractivity contribution in [2.45, 2.75) is 19.9 Å². The van der Waals surface area contributed by atoms with Gasteiger partial charge in [-0.25, -0.2) is 4.79 Å². The minimum absolute atomic E-state index is 0.0852. The van der Waals surface area contributed by atoms with Gasteiger partial charge in [0.05, 0.1) is 13.7 Å². The maximum atomic E-state index is 11.2. The van der Waals surface area contributed by atoms with Crippen LogP contribution in [0.15, 0.2) is 18.2 Å². The summed E-state index contributed by atoms with van der Waals surface area (Å²) in [5.74, 6) is 0.639. The van der Waals surface area contributed by atoms with Crippen LogP contribution in [-0.4, -0.2) is 26.3 Å². The van der Waals surface area contributed by atoms with E-state index in [4.69, 9.17) is 19.9 Å². The Bertz CT molecular complexity index is 404. The number of hydrogen-bond donors (Lipinski definition) is 1. The smallest absolute Gasteiger partial charge is 0.344 e. The standard InChI is InChI=1S/C13H19NO4/c1-4-17-13(15)8-18-11-6-5-10(9(2)14)7-12(11)16-3/h5-7,9H,4,8,14H2,1-3H3. The molecule has 0 aliphatic rings. The summed E-state index contributed by atoms with van der Waals surface area (Å²) in [6.07, 6.45) is 0. The van der Waals surface area contributed by atoms with Gasteiger partial charge in [0.25, 0.3) is 0 Å². The summed E-state index contributed by atoms with van der Waals surface area (Å²) in [4.78, 5) is 11.2. The second kappa shape index (κ2) is 6.86. The molecule has 0 amide bonds. The first-order chi connectivity index (χ1) is 8.58. The van der Waals surface area contributed by atoms with E-state index in [1.807, 2.05) is 13.0 Å². The first kappa shape index (κ1) is 14.3. The number of ether oxygens (including phenoxy) is 3. The third-order valence-electron chi connectivity index (χ3n) is 2.36. The predicted octanol–water partition coefficient (Wildman–Crippen LogP) is 1.66. The van der Waals surface area contributed by atoms with Gasteiger partial charge in [0.15, 0.2) is 18.1 Å². The zero-order valence-electron chi connectivity index (χ0n) is 10.9. The number of carbonyl (C=O) groups is 1. The molecule has 5 nitrogen and oxygen atoms in total. The second-order valence-corrected chi connectivity index (χ2v) is 3.79. The Balaban J connectivity index is 2.73. The molecule has 0 fully saturated rings. The Morgan fingerprint density at radius 3 is 2.67 bits per heavy atom. The van der Waals surface area contributed by atoms with Crippen LogP contribution >= 0.6 is 0 Å². The summed E-state index contributed by atoms with van der Waals surface area (Å²) in [6, 6.07) is 5.29. The van der Waals surface area contributed by atoms with Gasteiger partial charge in [0.1, 0.15) is 0 Å². The van der Waals surface area contributed by atoms with Crippen molar-refractivity contribution < 1.29 is 19.0 Å². The van der Waals surface area contributed by atoms with Crippen molar-refractivity contribution in [1.29, 1.82) is 0 Å². The highest BCUT2D eigenvalue weighted by Crippen LogP contribution is 2.29. The first-order valence-electron chi connectivity index (χ1n) is 5.80. The van der Waals surface area contributed by atoms with Gasteiger partial charge in [0.2, 0.25) is 0 Å². The van der Waals surface area contributed by atoms with Crippen molar-refractivity contribution >= 4 is 5.97 Å². The Labute approximate surface area is 107 Å². The van der Waals surface area contributed by atoms with Crippen molar-refractivity contribution in [3.8, 4) is 11.5 Å². The molecule has 1 atom stereocenters. The number of benzene rings is 1. The minimum Gasteiger partial charge on any atom is -0.493 e. The summed E-state index contributed by atoms with van der Waals surface area (Å²) < 4.78 is 15.3. The van der Waals surface area contributed by atoms with Gasteiger partial charge in [-0.15, -0.1) is 0 Å². The molecule has 100 valence electrons. The normalized spacial score (nSPS) is 11.8. The molecule has 0 radical (unpaired) electrons. The van der Waals surface area contributed by atoms with E-state index in [-0.39, 0.29) is 12.6 Å². The van der Waals surface area contributed by atoms with Crippen LogP contribution in [0.5, 0.6) is 11.5 Å². The van der Waals surface area contributed by atoms with E-state index < -0.39 is 5.97 Å². The largest absolute Gasteiger partial charge is 0.493 e. The fourth-order valence-corrected chi connectivity index (χ4v) is 1.43. The van der Waals surface area contributed by atoms with Crippen LogP contribution in [0.25, 0.3) is 0 Å². The van der Waals surface area contributed by atoms with Crippen LogP contribution in [0.2, 0.25) is 0 Å². The summed E-state index contributed by atoms with van der Waals surface area (Å²) in [5, 5.41) is 0. The molecule has 0 saturated heterocycles. The van der Waals surface area contributed by atoms with Crippen molar-refractivity contribution in [1.82, 2.24) is 0 Å². The van der Waals surface area contributed by atoms with E-state index in [1.54, 1.807) is 19.1 Å². The number of hydrogen-bond acceptors (Lipinski definition) is 5. The Morgan fingerprint density at radius 2 is 2.11 bits per heavy atom. The fourth-order valence-electron chi connectivity index (χ4n) is 1.43. The van der Waals surface area contributed by atoms with E-state index in [0.717, 1.165) is 5.56 Å². The van der Waals surface area contributed by atoms with Crippen LogP contribution in [0.1, 0.15) is 25.5 Å². The van der Waals surface area contributed by atoms with E-state index in [1.165, 1.54) is 7.11 Å². The average Bonchev–Trinajstić information content (AvgIpc) is 2.36. The average molecular weight is 253 g/mol. The number of esters is 1. The molecule has 0 aliphatic heterocycles. The molecular formula is C13H19NO4. The van der Waals surface area contributed by atoms with E-state index in [0.29, 0.717) is 18.1 Å². The maximum Gasteiger partial charge on any atom is 0.344 e. The molecular weight excluding hydrogens is 234 g/mol. The van der Waals surface area contributed by atoms with Gasteiger partial charge in [0, 0.05) is 6.04 Å². The number of methoxy groups -OCH3 is 1. The number of rotatable bonds is 6. The van der Waals surface area contributed by atoms with Gasteiger partial charge in [-0.2, -0.15) is 0 Å². The number of carbonyl (C=O) groups excluding carboxylic acids is 1. The summed E-state index contributed by atoms with van der Waals surface area (Å²) in [6.45, 7) is 3.83. The molecule has 5 heteroatoms. The predicted molar refractivity (Wildman–Crippen MR) is 67.7 cm³/mol. The van der Waals surface area contributed by atoms with E-state index in [2.05, 4.69) is 0 Å². The number of nitrogens with two attached hydrogens (primary N) is 1. The van der Waals surface area contributed by atoms with Gasteiger partial charge >= 0.3 is 5.97 Å². The second-order valence-electron chi connectivity index (χ2n) is 3.79. The minimum atomic E-state index is -0.407. The lowest BCUT2D eigenvalue weighted by Crippen LogP contribution is -2.15. The molecule has 2 N–H and O–H groups in total. The van der Waals surface area contributed by atoms with Gasteiger partial charge in [-0.05, 0) is 31.5 Å². The van der Waals surface area contributed by atoms with Crippen LogP contribution in [-0.2, 0) is 9.53 Å². The van der Waals surface area contributed by atoms with E-state index >= 15 is 0 Å². The lowest BCUT2D eigenvalue weighted by Gasteiger charge is -2.13. The monoisotopic (exact) mass is 253 g/mol. The molecule has 1 rings (SSSR count). The van der Waals surface area contributed by atoms with Crippen molar-refractivity contribution in [2.75, 3.05) is 20.3 Å². The molecule has 0 heterocycles.